The highest BCUT2D eigenvalue weighted by Gasteiger charge is 2.22. The van der Waals surface area contributed by atoms with E-state index in [4.69, 9.17) is 33.3 Å². The van der Waals surface area contributed by atoms with Gasteiger partial charge in [0.25, 0.3) is 5.91 Å². The van der Waals surface area contributed by atoms with Gasteiger partial charge in [0.15, 0.2) is 5.78 Å². The van der Waals surface area contributed by atoms with Gasteiger partial charge in [-0.05, 0) is 48.9 Å². The molecule has 0 saturated heterocycles. The van der Waals surface area contributed by atoms with E-state index in [1.54, 1.807) is 6.07 Å². The van der Waals surface area contributed by atoms with E-state index in [1.807, 2.05) is 0 Å². The Hall–Kier alpha value is -3.29. The van der Waals surface area contributed by atoms with E-state index in [-0.39, 0.29) is 45.4 Å². The van der Waals surface area contributed by atoms with Crippen LogP contribution in [0.1, 0.15) is 38.8 Å². The molecule has 9 heteroatoms. The second-order valence-corrected chi connectivity index (χ2v) is 7.74. The van der Waals surface area contributed by atoms with Gasteiger partial charge in [-0.15, -0.1) is 0 Å². The number of hydrogen-bond acceptors (Lipinski definition) is 5. The Morgan fingerprint density at radius 2 is 1.84 bits per heavy atom. The lowest BCUT2D eigenvalue weighted by atomic mass is 9.96. The first-order chi connectivity index (χ1) is 15.2. The first-order valence-electron chi connectivity index (χ1n) is 9.37. The Balaban J connectivity index is 1.96. The van der Waals surface area contributed by atoms with Crippen LogP contribution in [0, 0.1) is 11.2 Å². The summed E-state index contributed by atoms with van der Waals surface area (Å²) < 4.78 is 19.9. The number of aromatic nitrogens is 1. The lowest BCUT2D eigenvalue weighted by molar-refractivity contribution is 0.0987. The lowest BCUT2D eigenvalue weighted by Crippen LogP contribution is -2.18. The highest BCUT2D eigenvalue weighted by molar-refractivity contribution is 6.31. The molecule has 0 aliphatic heterocycles. The maximum Gasteiger partial charge on any atom is 0.257 e. The highest BCUT2D eigenvalue weighted by Crippen LogP contribution is 2.30. The van der Waals surface area contributed by atoms with E-state index >= 15 is 0 Å². The molecular formula is C23H18Cl2FN3O3. The molecule has 0 spiro atoms. The Morgan fingerprint density at radius 1 is 1.09 bits per heavy atom. The molecule has 1 amide bonds. The Labute approximate surface area is 193 Å². The number of ketones is 1. The summed E-state index contributed by atoms with van der Waals surface area (Å²) in [6, 6.07) is 9.91. The molecule has 1 aromatic heterocycles. The number of carbonyl (C=O) groups is 2. The first kappa shape index (κ1) is 23.4. The third-order valence-electron chi connectivity index (χ3n) is 4.65. The van der Waals surface area contributed by atoms with Crippen LogP contribution in [-0.4, -0.2) is 29.5 Å². The minimum absolute atomic E-state index is 0.0896. The Morgan fingerprint density at radius 3 is 2.44 bits per heavy atom. The Kier molecular flexibility index (Phi) is 7.22. The summed E-state index contributed by atoms with van der Waals surface area (Å²) in [6.07, 6.45) is 1.07. The van der Waals surface area contributed by atoms with Gasteiger partial charge in [-0.1, -0.05) is 29.3 Å². The number of carbonyl (C=O) groups excluding carboxylic acids is 2. The van der Waals surface area contributed by atoms with Crippen LogP contribution in [0.2, 0.25) is 10.0 Å². The second-order valence-electron chi connectivity index (χ2n) is 6.87. The molecule has 6 nitrogen and oxygen atoms in total. The quantitative estimate of drug-likeness (QED) is 0.344. The maximum absolute atomic E-state index is 14.5. The van der Waals surface area contributed by atoms with Crippen LogP contribution in [0.4, 0.5) is 10.2 Å². The van der Waals surface area contributed by atoms with E-state index in [1.165, 1.54) is 50.6 Å². The van der Waals surface area contributed by atoms with Crippen LogP contribution >= 0.6 is 23.2 Å². The number of nitrogens with one attached hydrogen (secondary N) is 2. The summed E-state index contributed by atoms with van der Waals surface area (Å²) >= 11 is 12.0. The number of pyridine rings is 1. The van der Waals surface area contributed by atoms with Crippen LogP contribution < -0.4 is 10.1 Å². The number of ether oxygens (including phenoxy) is 1. The number of anilines is 1. The molecule has 2 N–H and O–H groups in total. The number of methoxy groups -OCH3 is 1. The third kappa shape index (κ3) is 5.30. The number of nitrogens with zero attached hydrogens (tertiary/aromatic N) is 1. The van der Waals surface area contributed by atoms with Crippen molar-refractivity contribution in [1.82, 2.24) is 4.98 Å². The Bertz CT molecular complexity index is 1210. The van der Waals surface area contributed by atoms with Crippen molar-refractivity contribution in [1.29, 1.82) is 5.41 Å². The summed E-state index contributed by atoms with van der Waals surface area (Å²) in [6.45, 7) is 1.52. The minimum Gasteiger partial charge on any atom is -0.496 e. The molecular weight excluding hydrogens is 456 g/mol. The zero-order valence-corrected chi connectivity index (χ0v) is 18.6. The van der Waals surface area contributed by atoms with Crippen LogP contribution in [0.5, 0.6) is 5.75 Å². The van der Waals surface area contributed by atoms with Crippen molar-refractivity contribution in [2.24, 2.45) is 0 Å². The first-order valence-corrected chi connectivity index (χ1v) is 10.1. The van der Waals surface area contributed by atoms with Crippen molar-refractivity contribution in [2.45, 2.75) is 13.3 Å². The van der Waals surface area contributed by atoms with E-state index < -0.39 is 17.5 Å². The normalized spacial score (nSPS) is 10.5. The largest absolute Gasteiger partial charge is 0.496 e. The fraction of sp³-hybridized carbons (Fsp3) is 0.130. The van der Waals surface area contributed by atoms with Crippen molar-refractivity contribution in [3.8, 4) is 5.75 Å². The number of benzene rings is 2. The number of rotatable bonds is 7. The third-order valence-corrected chi connectivity index (χ3v) is 5.09. The fourth-order valence-corrected chi connectivity index (χ4v) is 3.36. The average molecular weight is 474 g/mol. The van der Waals surface area contributed by atoms with Crippen molar-refractivity contribution in [2.75, 3.05) is 12.4 Å². The minimum atomic E-state index is -0.747. The van der Waals surface area contributed by atoms with Crippen LogP contribution in [-0.2, 0) is 6.42 Å². The second kappa shape index (κ2) is 9.89. The standard InChI is InChI=1S/C23H18Cl2FN3O3/c1-12(27)13-3-5-16(19(26)7-13)20(30)10-17-18(8-15(25)9-21(17)32-2)23(31)29-22-6-4-14(24)11-28-22/h3-9,11,27H,10H2,1-2H3,(H,28,29,31). The summed E-state index contributed by atoms with van der Waals surface area (Å²) in [4.78, 5) is 29.9. The predicted octanol–water partition coefficient (Wildman–Crippen LogP) is 5.60. The van der Waals surface area contributed by atoms with Crippen molar-refractivity contribution >= 4 is 46.4 Å². The van der Waals surface area contributed by atoms with E-state index in [2.05, 4.69) is 10.3 Å². The molecule has 0 atom stereocenters. The molecule has 164 valence electrons. The molecule has 3 aromatic rings. The van der Waals surface area contributed by atoms with Gasteiger partial charge < -0.3 is 15.5 Å². The topological polar surface area (TPSA) is 92.1 Å². The molecule has 0 fully saturated rings. The predicted molar refractivity (Wildman–Crippen MR) is 122 cm³/mol. The number of Topliss-reactive ketones (excluding diaryl/α,β-unsaturated/α-hetero) is 1. The summed E-state index contributed by atoms with van der Waals surface area (Å²) in [7, 11) is 1.38. The number of halogens is 3. The van der Waals surface area contributed by atoms with Gasteiger partial charge in [-0.2, -0.15) is 0 Å². The zero-order valence-electron chi connectivity index (χ0n) is 17.1. The summed E-state index contributed by atoms with van der Waals surface area (Å²) in [5.41, 5.74) is 0.736. The highest BCUT2D eigenvalue weighted by atomic mass is 35.5. The summed E-state index contributed by atoms with van der Waals surface area (Å²) in [5.74, 6) is -1.41. The van der Waals surface area contributed by atoms with Gasteiger partial charge in [0, 0.05) is 34.5 Å². The number of amides is 1. The monoisotopic (exact) mass is 473 g/mol. The SMILES string of the molecule is COc1cc(Cl)cc(C(=O)Nc2ccc(Cl)cn2)c1CC(=O)c1ccc(C(C)=N)cc1F. The van der Waals surface area contributed by atoms with Gasteiger partial charge in [-0.25, -0.2) is 9.37 Å². The van der Waals surface area contributed by atoms with Crippen LogP contribution in [0.3, 0.4) is 0 Å². The van der Waals surface area contributed by atoms with Gasteiger partial charge in [-0.3, -0.25) is 9.59 Å². The van der Waals surface area contributed by atoms with Gasteiger partial charge in [0.2, 0.25) is 0 Å². The van der Waals surface area contributed by atoms with E-state index in [0.29, 0.717) is 10.6 Å². The lowest BCUT2D eigenvalue weighted by Gasteiger charge is -2.15. The smallest absolute Gasteiger partial charge is 0.257 e. The van der Waals surface area contributed by atoms with Crippen LogP contribution in [0.25, 0.3) is 0 Å². The summed E-state index contributed by atoms with van der Waals surface area (Å²) in [5, 5.41) is 10.9. The molecule has 3 rings (SSSR count). The molecule has 0 aliphatic carbocycles. The fourth-order valence-electron chi connectivity index (χ4n) is 3.04. The molecule has 0 radical (unpaired) electrons. The molecule has 0 bridgehead atoms. The van der Waals surface area contributed by atoms with Crippen molar-refractivity contribution in [3.63, 3.8) is 0 Å². The van der Waals surface area contributed by atoms with Gasteiger partial charge in [0.05, 0.1) is 17.7 Å². The average Bonchev–Trinajstić information content (AvgIpc) is 2.75. The molecule has 32 heavy (non-hydrogen) atoms. The van der Waals surface area contributed by atoms with Crippen molar-refractivity contribution < 1.29 is 18.7 Å². The van der Waals surface area contributed by atoms with E-state index in [0.717, 1.165) is 6.07 Å². The zero-order chi connectivity index (χ0) is 23.4. The molecule has 1 heterocycles. The number of hydrogen-bond donors (Lipinski definition) is 2. The van der Waals surface area contributed by atoms with Gasteiger partial charge in [0.1, 0.15) is 17.4 Å². The molecule has 0 saturated carbocycles. The van der Waals surface area contributed by atoms with Crippen LogP contribution in [0.15, 0.2) is 48.7 Å². The van der Waals surface area contributed by atoms with Gasteiger partial charge >= 0.3 is 0 Å². The molecule has 0 unspecified atom stereocenters. The van der Waals surface area contributed by atoms with E-state index in [9.17, 15) is 14.0 Å². The van der Waals surface area contributed by atoms with Crippen molar-refractivity contribution in [3.05, 3.63) is 86.8 Å². The maximum atomic E-state index is 14.5. The molecule has 0 aliphatic rings. The molecule has 2 aromatic carbocycles.